The van der Waals surface area contributed by atoms with Crippen LogP contribution in [0.1, 0.15) is 119 Å². The van der Waals surface area contributed by atoms with Crippen molar-refractivity contribution in [1.82, 2.24) is 15.5 Å². The molecule has 1 aliphatic carbocycles. The highest BCUT2D eigenvalue weighted by Crippen LogP contribution is 2.35. The lowest BCUT2D eigenvalue weighted by Gasteiger charge is -2.37. The molecule has 0 atom stereocenters. The summed E-state index contributed by atoms with van der Waals surface area (Å²) < 4.78 is 17.9. The molecule has 1 saturated carbocycles. The average molecular weight is 608 g/mol. The first-order valence-corrected chi connectivity index (χ1v) is 17.1. The molecule has 0 unspecified atom stereocenters. The molecule has 9 nitrogen and oxygen atoms in total. The summed E-state index contributed by atoms with van der Waals surface area (Å²) in [6.07, 6.45) is 10.4. The van der Waals surface area contributed by atoms with Gasteiger partial charge in [-0.3, -0.25) is 14.4 Å². The highest BCUT2D eigenvalue weighted by atomic mass is 16.6. The van der Waals surface area contributed by atoms with Gasteiger partial charge in [0.1, 0.15) is 16.8 Å². The molecule has 248 valence electrons. The molecule has 9 heteroatoms. The van der Waals surface area contributed by atoms with Crippen molar-refractivity contribution in [2.45, 2.75) is 135 Å². The minimum atomic E-state index is -0.525. The van der Waals surface area contributed by atoms with Gasteiger partial charge in [-0.15, -0.1) is 0 Å². The third-order valence-corrected chi connectivity index (χ3v) is 10.3. The van der Waals surface area contributed by atoms with Gasteiger partial charge in [0.25, 0.3) is 0 Å². The van der Waals surface area contributed by atoms with Crippen LogP contribution in [0.2, 0.25) is 0 Å². The van der Waals surface area contributed by atoms with Crippen molar-refractivity contribution in [3.05, 3.63) is 0 Å². The molecule has 0 aromatic rings. The molecule has 2 aliphatic heterocycles. The van der Waals surface area contributed by atoms with E-state index in [0.29, 0.717) is 37.4 Å². The van der Waals surface area contributed by atoms with Crippen LogP contribution in [0.3, 0.4) is 0 Å². The number of nitrogens with zero attached hydrogens (tertiary/aromatic N) is 1. The highest BCUT2D eigenvalue weighted by molar-refractivity contribution is 5.71. The summed E-state index contributed by atoms with van der Waals surface area (Å²) in [5, 5.41) is 6.73. The number of rotatable bonds is 15. The zero-order chi connectivity index (χ0) is 31.5. The van der Waals surface area contributed by atoms with E-state index in [0.717, 1.165) is 64.7 Å². The Hall–Kier alpha value is -1.71. The Bertz CT molecular complexity index is 772. The number of esters is 3. The largest absolute Gasteiger partial charge is 0.459 e. The van der Waals surface area contributed by atoms with Crippen LogP contribution in [0.4, 0.5) is 0 Å². The average Bonchev–Trinajstić information content (AvgIpc) is 2.97. The number of ether oxygens (including phenoxy) is 3. The molecular weight excluding hydrogens is 546 g/mol. The summed E-state index contributed by atoms with van der Waals surface area (Å²) in [5.74, 6) is 0.318. The molecule has 2 saturated heterocycles. The van der Waals surface area contributed by atoms with E-state index < -0.39 is 16.8 Å². The van der Waals surface area contributed by atoms with Gasteiger partial charge in [-0.05, 0) is 112 Å². The van der Waals surface area contributed by atoms with Gasteiger partial charge in [-0.25, -0.2) is 0 Å². The number of piperidine rings is 2. The Balaban J connectivity index is 1.54. The number of nitrogens with one attached hydrogen (secondary N) is 2. The minimum Gasteiger partial charge on any atom is -0.459 e. The van der Waals surface area contributed by atoms with Crippen LogP contribution >= 0.6 is 0 Å². The molecule has 0 spiro atoms. The van der Waals surface area contributed by atoms with Gasteiger partial charge in [-0.1, -0.05) is 19.3 Å². The van der Waals surface area contributed by atoms with Crippen molar-refractivity contribution in [3.8, 4) is 0 Å². The highest BCUT2D eigenvalue weighted by Gasteiger charge is 2.36. The molecule has 2 N–H and O–H groups in total. The van der Waals surface area contributed by atoms with Gasteiger partial charge in [0.15, 0.2) is 0 Å². The quantitative estimate of drug-likeness (QED) is 0.196. The third-order valence-electron chi connectivity index (χ3n) is 10.3. The van der Waals surface area contributed by atoms with E-state index in [1.807, 2.05) is 46.4 Å². The van der Waals surface area contributed by atoms with Crippen LogP contribution in [0.25, 0.3) is 0 Å². The number of hydrogen-bond acceptors (Lipinski definition) is 9. The fraction of sp³-hybridized carbons (Fsp3) is 0.912. The molecule has 0 radical (unpaired) electrons. The van der Waals surface area contributed by atoms with Crippen molar-refractivity contribution in [1.29, 1.82) is 0 Å². The smallest absolute Gasteiger partial charge is 0.307 e. The van der Waals surface area contributed by atoms with Gasteiger partial charge in [0.05, 0.1) is 19.3 Å². The molecule has 0 bridgehead atoms. The van der Waals surface area contributed by atoms with E-state index in [9.17, 15) is 14.4 Å². The fourth-order valence-electron chi connectivity index (χ4n) is 7.20. The summed E-state index contributed by atoms with van der Waals surface area (Å²) in [6, 6.07) is 0. The predicted octanol–water partition coefficient (Wildman–Crippen LogP) is 5.00. The van der Waals surface area contributed by atoms with Crippen molar-refractivity contribution < 1.29 is 28.6 Å². The van der Waals surface area contributed by atoms with Crippen LogP contribution in [0.5, 0.6) is 0 Å². The predicted molar refractivity (Wildman–Crippen MR) is 169 cm³/mol. The monoisotopic (exact) mass is 607 g/mol. The van der Waals surface area contributed by atoms with Gasteiger partial charge in [-0.2, -0.15) is 0 Å². The summed E-state index contributed by atoms with van der Waals surface area (Å²) in [4.78, 5) is 40.9. The van der Waals surface area contributed by atoms with E-state index in [2.05, 4.69) is 10.6 Å². The second-order valence-electron chi connectivity index (χ2n) is 14.7. The van der Waals surface area contributed by atoms with Crippen LogP contribution in [0.15, 0.2) is 0 Å². The number of carbonyl (C=O) groups is 3. The SMILES string of the molecule is CC(C)(OC(=O)CCN(CCC(=O)OC(C)(C)C1CCNCC1)CCC(=O)OC(C)(C)C1CCNCC1)C1CCCCC1. The lowest BCUT2D eigenvalue weighted by Crippen LogP contribution is -2.43. The second-order valence-corrected chi connectivity index (χ2v) is 14.7. The summed E-state index contributed by atoms with van der Waals surface area (Å²) in [6.45, 7) is 17.1. The van der Waals surface area contributed by atoms with Crippen LogP contribution in [0, 0.1) is 17.8 Å². The number of hydrogen-bond donors (Lipinski definition) is 2. The molecule has 3 aliphatic rings. The first-order valence-electron chi connectivity index (χ1n) is 17.1. The number of carbonyl (C=O) groups excluding carboxylic acids is 3. The van der Waals surface area contributed by atoms with Crippen LogP contribution in [-0.2, 0) is 28.6 Å². The van der Waals surface area contributed by atoms with E-state index >= 15 is 0 Å². The maximum absolute atomic E-state index is 13.0. The third kappa shape index (κ3) is 12.0. The zero-order valence-electron chi connectivity index (χ0n) is 28.1. The van der Waals surface area contributed by atoms with Gasteiger partial charge in [0, 0.05) is 31.5 Å². The molecule has 43 heavy (non-hydrogen) atoms. The van der Waals surface area contributed by atoms with Crippen molar-refractivity contribution in [2.24, 2.45) is 17.8 Å². The van der Waals surface area contributed by atoms with E-state index in [1.54, 1.807) is 0 Å². The Morgan fingerprint density at radius 3 is 1.16 bits per heavy atom. The lowest BCUT2D eigenvalue weighted by molar-refractivity contribution is -0.163. The standard InChI is InChI=1S/C34H61N3O6/c1-32(2,26-10-8-7-9-11-26)41-29(38)16-23-37(24-17-30(39)42-33(3,4)27-12-19-35-20-13-27)25-18-31(40)43-34(5,6)28-14-21-36-22-15-28/h26-28,35-36H,7-25H2,1-6H3. The zero-order valence-corrected chi connectivity index (χ0v) is 28.1. The summed E-state index contributed by atoms with van der Waals surface area (Å²) >= 11 is 0. The van der Waals surface area contributed by atoms with Gasteiger partial charge in [0.2, 0.25) is 0 Å². The van der Waals surface area contributed by atoms with Crippen molar-refractivity contribution in [2.75, 3.05) is 45.8 Å². The topological polar surface area (TPSA) is 106 Å². The normalized spacial score (nSPS) is 20.2. The Labute approximate surface area is 260 Å². The Morgan fingerprint density at radius 2 is 0.837 bits per heavy atom. The summed E-state index contributed by atoms with van der Waals surface area (Å²) in [5.41, 5.74) is -1.54. The molecule has 0 amide bonds. The van der Waals surface area contributed by atoms with Gasteiger partial charge >= 0.3 is 17.9 Å². The van der Waals surface area contributed by atoms with Crippen molar-refractivity contribution in [3.63, 3.8) is 0 Å². The maximum Gasteiger partial charge on any atom is 0.307 e. The molecule has 3 fully saturated rings. The molecular formula is C34H61N3O6. The molecule has 2 heterocycles. The lowest BCUT2D eigenvalue weighted by atomic mass is 9.79. The Kier molecular flexibility index (Phi) is 13.8. The molecule has 0 aromatic carbocycles. The first kappa shape index (κ1) is 35.8. The molecule has 3 rings (SSSR count). The van der Waals surface area contributed by atoms with Gasteiger partial charge < -0.3 is 29.7 Å². The maximum atomic E-state index is 13.0. The van der Waals surface area contributed by atoms with Crippen LogP contribution in [-0.4, -0.2) is 85.4 Å². The second kappa shape index (κ2) is 16.6. The Morgan fingerprint density at radius 1 is 0.535 bits per heavy atom. The van der Waals surface area contributed by atoms with E-state index in [1.165, 1.54) is 19.3 Å². The molecule has 0 aromatic heterocycles. The van der Waals surface area contributed by atoms with Crippen LogP contribution < -0.4 is 10.6 Å². The summed E-state index contributed by atoms with van der Waals surface area (Å²) in [7, 11) is 0. The van der Waals surface area contributed by atoms with Crippen molar-refractivity contribution >= 4 is 17.9 Å². The van der Waals surface area contributed by atoms with E-state index in [4.69, 9.17) is 14.2 Å². The fourth-order valence-corrected chi connectivity index (χ4v) is 7.20. The first-order chi connectivity index (χ1) is 20.3. The minimum absolute atomic E-state index is 0.201. The van der Waals surface area contributed by atoms with E-state index in [-0.39, 0.29) is 37.2 Å².